The Morgan fingerprint density at radius 2 is 2.18 bits per heavy atom. The summed E-state index contributed by atoms with van der Waals surface area (Å²) in [4.78, 5) is 2.36. The first kappa shape index (κ1) is 10.9. The summed E-state index contributed by atoms with van der Waals surface area (Å²) in [5.41, 5.74) is 0. The van der Waals surface area contributed by atoms with E-state index in [1.807, 2.05) is 0 Å². The van der Waals surface area contributed by atoms with Gasteiger partial charge in [-0.25, -0.2) is 0 Å². The molecule has 1 atom stereocenters. The molecule has 0 radical (unpaired) electrons. The van der Waals surface area contributed by atoms with Crippen LogP contribution in [0.15, 0.2) is 0 Å². The molecule has 3 heteroatoms. The van der Waals surface area contributed by atoms with Crippen molar-refractivity contribution in [1.29, 1.82) is 0 Å². The first-order valence-corrected chi connectivity index (χ1v) is 3.98. The highest BCUT2D eigenvalue weighted by Crippen LogP contribution is 2.13. The largest absolute Gasteiger partial charge is 0.400 e. The molecule has 1 saturated heterocycles. The van der Waals surface area contributed by atoms with Gasteiger partial charge in [0.15, 0.2) is 0 Å². The van der Waals surface area contributed by atoms with Gasteiger partial charge in [0, 0.05) is 20.3 Å². The molecule has 1 N–H and O–H groups in total. The summed E-state index contributed by atoms with van der Waals surface area (Å²) in [5.74, 6) is 0. The number of hydrogen-bond acceptors (Lipinski definition) is 3. The molecule has 0 unspecified atom stereocenters. The topological polar surface area (TPSA) is 32.7 Å². The zero-order valence-electron chi connectivity index (χ0n) is 7.71. The molecule has 1 fully saturated rings. The van der Waals surface area contributed by atoms with Gasteiger partial charge < -0.3 is 14.7 Å². The molecule has 1 aliphatic heterocycles. The molecule has 0 bridgehead atoms. The Morgan fingerprint density at radius 3 is 2.55 bits per heavy atom. The number of ether oxygens (including phenoxy) is 1. The SMILES string of the molecule is CO.COC[C@@H]1CCCN1C. The Balaban J connectivity index is 0.000000461. The molecule has 11 heavy (non-hydrogen) atoms. The molecule has 68 valence electrons. The minimum absolute atomic E-state index is 0.690. The van der Waals surface area contributed by atoms with Crippen molar-refractivity contribution in [2.24, 2.45) is 0 Å². The summed E-state index contributed by atoms with van der Waals surface area (Å²) in [6.07, 6.45) is 2.65. The summed E-state index contributed by atoms with van der Waals surface area (Å²) in [6, 6.07) is 0.690. The van der Waals surface area contributed by atoms with E-state index >= 15 is 0 Å². The van der Waals surface area contributed by atoms with Gasteiger partial charge in [-0.3, -0.25) is 0 Å². The van der Waals surface area contributed by atoms with Crippen LogP contribution in [-0.2, 0) is 4.74 Å². The van der Waals surface area contributed by atoms with Crippen LogP contribution >= 0.6 is 0 Å². The Morgan fingerprint density at radius 1 is 1.55 bits per heavy atom. The summed E-state index contributed by atoms with van der Waals surface area (Å²) in [6.45, 7) is 2.14. The fourth-order valence-corrected chi connectivity index (χ4v) is 1.38. The predicted octanol–water partition coefficient (Wildman–Crippen LogP) is 0.336. The highest BCUT2D eigenvalue weighted by atomic mass is 16.5. The molecule has 0 amide bonds. The lowest BCUT2D eigenvalue weighted by Gasteiger charge is -2.17. The number of nitrogens with zero attached hydrogens (tertiary/aromatic N) is 1. The molecule has 0 aromatic heterocycles. The molecular weight excluding hydrogens is 142 g/mol. The zero-order valence-corrected chi connectivity index (χ0v) is 7.71. The summed E-state index contributed by atoms with van der Waals surface area (Å²) in [7, 11) is 4.93. The summed E-state index contributed by atoms with van der Waals surface area (Å²) >= 11 is 0. The van der Waals surface area contributed by atoms with Crippen molar-refractivity contribution in [2.75, 3.05) is 34.4 Å². The molecule has 0 aromatic carbocycles. The van der Waals surface area contributed by atoms with Crippen molar-refractivity contribution in [3.63, 3.8) is 0 Å². The fourth-order valence-electron chi connectivity index (χ4n) is 1.38. The number of rotatable bonds is 2. The summed E-state index contributed by atoms with van der Waals surface area (Å²) in [5, 5.41) is 7.00. The van der Waals surface area contributed by atoms with E-state index in [0.29, 0.717) is 6.04 Å². The van der Waals surface area contributed by atoms with E-state index in [1.54, 1.807) is 7.11 Å². The van der Waals surface area contributed by atoms with E-state index in [4.69, 9.17) is 9.84 Å². The maximum Gasteiger partial charge on any atom is 0.0617 e. The molecule has 0 spiro atoms. The lowest BCUT2D eigenvalue weighted by Crippen LogP contribution is -2.28. The Labute approximate surface area is 69.0 Å². The Bertz CT molecular complexity index is 88.2. The number of methoxy groups -OCH3 is 1. The highest BCUT2D eigenvalue weighted by Gasteiger charge is 2.19. The van der Waals surface area contributed by atoms with Crippen molar-refractivity contribution in [3.8, 4) is 0 Å². The first-order chi connectivity index (χ1) is 5.34. The second-order valence-electron chi connectivity index (χ2n) is 2.73. The second kappa shape index (κ2) is 6.58. The third-order valence-electron chi connectivity index (χ3n) is 2.03. The number of aliphatic hydroxyl groups excluding tert-OH is 1. The number of likely N-dealkylation sites (tertiary alicyclic amines) is 1. The standard InChI is InChI=1S/C7H15NO.CH4O/c1-8-5-3-4-7(8)6-9-2;1-2/h7H,3-6H2,1-2H3;2H,1H3/t7-;/m0./s1. The molecule has 1 heterocycles. The van der Waals surface area contributed by atoms with Crippen LogP contribution < -0.4 is 0 Å². The Kier molecular flexibility index (Phi) is 6.51. The van der Waals surface area contributed by atoms with E-state index in [9.17, 15) is 0 Å². The number of hydrogen-bond donors (Lipinski definition) is 1. The van der Waals surface area contributed by atoms with Crippen LogP contribution in [0.4, 0.5) is 0 Å². The molecule has 3 nitrogen and oxygen atoms in total. The normalized spacial score (nSPS) is 24.5. The highest BCUT2D eigenvalue weighted by molar-refractivity contribution is 4.75. The van der Waals surface area contributed by atoms with Crippen molar-refractivity contribution >= 4 is 0 Å². The van der Waals surface area contributed by atoms with E-state index < -0.39 is 0 Å². The minimum Gasteiger partial charge on any atom is -0.400 e. The van der Waals surface area contributed by atoms with E-state index in [-0.39, 0.29) is 0 Å². The van der Waals surface area contributed by atoms with Gasteiger partial charge in [0.25, 0.3) is 0 Å². The molecule has 0 aliphatic carbocycles. The van der Waals surface area contributed by atoms with E-state index in [0.717, 1.165) is 13.7 Å². The molecule has 1 rings (SSSR count). The van der Waals surface area contributed by atoms with Gasteiger partial charge in [-0.2, -0.15) is 0 Å². The maximum absolute atomic E-state index is 7.00. The van der Waals surface area contributed by atoms with Gasteiger partial charge in [0.1, 0.15) is 0 Å². The van der Waals surface area contributed by atoms with Gasteiger partial charge in [-0.05, 0) is 26.4 Å². The van der Waals surface area contributed by atoms with Crippen LogP contribution in [0, 0.1) is 0 Å². The lowest BCUT2D eigenvalue weighted by atomic mass is 10.2. The van der Waals surface area contributed by atoms with Gasteiger partial charge >= 0.3 is 0 Å². The van der Waals surface area contributed by atoms with Crippen LogP contribution in [0.3, 0.4) is 0 Å². The van der Waals surface area contributed by atoms with Crippen LogP contribution in [-0.4, -0.2) is 50.5 Å². The maximum atomic E-state index is 7.00. The van der Waals surface area contributed by atoms with Crippen LogP contribution in [0.5, 0.6) is 0 Å². The van der Waals surface area contributed by atoms with Gasteiger partial charge in [-0.15, -0.1) is 0 Å². The lowest BCUT2D eigenvalue weighted by molar-refractivity contribution is 0.129. The third kappa shape index (κ3) is 3.70. The van der Waals surface area contributed by atoms with Gasteiger partial charge in [0.2, 0.25) is 0 Å². The number of likely N-dealkylation sites (N-methyl/N-ethyl adjacent to an activating group) is 1. The summed E-state index contributed by atoms with van der Waals surface area (Å²) < 4.78 is 5.05. The smallest absolute Gasteiger partial charge is 0.0617 e. The van der Waals surface area contributed by atoms with Crippen LogP contribution in [0.25, 0.3) is 0 Å². The Hall–Kier alpha value is -0.120. The fraction of sp³-hybridized carbons (Fsp3) is 1.00. The zero-order chi connectivity index (χ0) is 8.69. The minimum atomic E-state index is 0.690. The third-order valence-corrected chi connectivity index (χ3v) is 2.03. The molecule has 1 aliphatic rings. The van der Waals surface area contributed by atoms with Crippen molar-refractivity contribution < 1.29 is 9.84 Å². The van der Waals surface area contributed by atoms with Crippen LogP contribution in [0.2, 0.25) is 0 Å². The van der Waals surface area contributed by atoms with Gasteiger partial charge in [0.05, 0.1) is 6.61 Å². The molecule has 0 aromatic rings. The van der Waals surface area contributed by atoms with E-state index in [2.05, 4.69) is 11.9 Å². The average Bonchev–Trinajstić information content (AvgIpc) is 2.42. The average molecular weight is 161 g/mol. The van der Waals surface area contributed by atoms with Gasteiger partial charge in [-0.1, -0.05) is 0 Å². The molecular formula is C8H19NO2. The quantitative estimate of drug-likeness (QED) is 0.633. The molecule has 0 saturated carbocycles. The number of aliphatic hydroxyl groups is 1. The van der Waals surface area contributed by atoms with Crippen LogP contribution in [0.1, 0.15) is 12.8 Å². The monoisotopic (exact) mass is 161 g/mol. The predicted molar refractivity (Wildman–Crippen MR) is 45.7 cm³/mol. The van der Waals surface area contributed by atoms with Crippen molar-refractivity contribution in [2.45, 2.75) is 18.9 Å². The van der Waals surface area contributed by atoms with Crippen molar-refractivity contribution in [1.82, 2.24) is 4.90 Å². The second-order valence-corrected chi connectivity index (χ2v) is 2.73. The first-order valence-electron chi connectivity index (χ1n) is 3.98. The van der Waals surface area contributed by atoms with E-state index in [1.165, 1.54) is 19.4 Å². The van der Waals surface area contributed by atoms with Crippen molar-refractivity contribution in [3.05, 3.63) is 0 Å².